The van der Waals surface area contributed by atoms with Crippen molar-refractivity contribution in [3.8, 4) is 6.07 Å². The van der Waals surface area contributed by atoms with Crippen LogP contribution in [0.15, 0.2) is 58.7 Å². The summed E-state index contributed by atoms with van der Waals surface area (Å²) in [5.74, 6) is -0.559. The predicted molar refractivity (Wildman–Crippen MR) is 119 cm³/mol. The second kappa shape index (κ2) is 10.3. The number of ether oxygens (including phenoxy) is 2. The first kappa shape index (κ1) is 22.7. The van der Waals surface area contributed by atoms with Gasteiger partial charge in [0.25, 0.3) is 11.5 Å². The molecule has 0 aliphatic heterocycles. The monoisotopic (exact) mass is 433 g/mol. The van der Waals surface area contributed by atoms with Gasteiger partial charge in [-0.3, -0.25) is 14.0 Å². The Hall–Kier alpha value is -4.03. The maximum atomic E-state index is 13.2. The van der Waals surface area contributed by atoms with Crippen molar-refractivity contribution in [2.75, 3.05) is 20.8 Å². The van der Waals surface area contributed by atoms with Crippen molar-refractivity contribution < 1.29 is 14.3 Å². The zero-order chi connectivity index (χ0) is 23.1. The minimum Gasteiger partial charge on any atom is -0.504 e. The highest BCUT2D eigenvalue weighted by molar-refractivity contribution is 5.89. The van der Waals surface area contributed by atoms with E-state index in [9.17, 15) is 14.9 Å². The van der Waals surface area contributed by atoms with Crippen LogP contribution in [0.2, 0.25) is 0 Å². The number of methoxy groups -OCH3 is 2. The van der Waals surface area contributed by atoms with Crippen LogP contribution in [0.5, 0.6) is 0 Å². The van der Waals surface area contributed by atoms with Crippen molar-refractivity contribution in [2.45, 2.75) is 19.9 Å². The van der Waals surface area contributed by atoms with Gasteiger partial charge >= 0.3 is 0 Å². The van der Waals surface area contributed by atoms with Gasteiger partial charge < -0.3 is 14.0 Å². The van der Waals surface area contributed by atoms with Crippen LogP contribution in [0.1, 0.15) is 17.5 Å². The fraction of sp³-hybridized carbons (Fsp3) is 0.261. The number of nitriles is 1. The Kier molecular flexibility index (Phi) is 7.31. The van der Waals surface area contributed by atoms with Crippen molar-refractivity contribution in [1.82, 2.24) is 14.0 Å². The molecular weight excluding hydrogens is 410 g/mol. The van der Waals surface area contributed by atoms with Crippen molar-refractivity contribution >= 4 is 22.6 Å². The number of hydrogen-bond acceptors (Lipinski definition) is 6. The number of allylic oxidation sites excluding steroid dienone is 2. The second-order valence-corrected chi connectivity index (χ2v) is 6.90. The number of aryl methyl sites for hydroxylation is 2. The van der Waals surface area contributed by atoms with Crippen LogP contribution in [0.25, 0.3) is 16.7 Å². The van der Waals surface area contributed by atoms with E-state index in [2.05, 4.69) is 11.1 Å². The number of hydrogen-bond donors (Lipinski definition) is 0. The minimum absolute atomic E-state index is 0.107. The maximum absolute atomic E-state index is 13.2. The molecular formula is C23H23N5O4. The Morgan fingerprint density at radius 3 is 2.84 bits per heavy atom. The maximum Gasteiger partial charge on any atom is 0.271 e. The molecule has 32 heavy (non-hydrogen) atoms. The van der Waals surface area contributed by atoms with Crippen LogP contribution in [0, 0.1) is 18.3 Å². The third-order valence-electron chi connectivity index (χ3n) is 4.74. The minimum atomic E-state index is -0.559. The third kappa shape index (κ3) is 4.66. The summed E-state index contributed by atoms with van der Waals surface area (Å²) in [5, 5.41) is 10.0. The molecule has 9 heteroatoms. The summed E-state index contributed by atoms with van der Waals surface area (Å²) in [6, 6.07) is 7.12. The van der Waals surface area contributed by atoms with E-state index in [4.69, 9.17) is 14.5 Å². The standard InChI is InChI=1S/C23H23N5O4/c1-16-8-6-10-28-20(16)26-22-18(23(28)30)14-17(15-24)21(27(22)11-7-13-32-3)25-19(29)9-4-5-12-31-2/h4-6,8-10,12,14H,7,11,13H2,1-3H3/b9-4+,12-5+,25-21?. The molecule has 0 saturated carbocycles. The number of carbonyl (C=O) groups excluding carboxylic acids is 1. The van der Waals surface area contributed by atoms with Crippen LogP contribution in [0.4, 0.5) is 0 Å². The van der Waals surface area contributed by atoms with Gasteiger partial charge in [0, 0.05) is 32.5 Å². The summed E-state index contributed by atoms with van der Waals surface area (Å²) in [6.07, 6.45) is 7.91. The molecule has 164 valence electrons. The summed E-state index contributed by atoms with van der Waals surface area (Å²) in [6.45, 7) is 2.67. The molecule has 3 aromatic rings. The van der Waals surface area contributed by atoms with E-state index in [-0.39, 0.29) is 22.0 Å². The SMILES string of the molecule is CO/C=C/C=C/C(=O)N=c1c(C#N)cc2c(=O)n3cccc(C)c3nc2n1CCCOC. The van der Waals surface area contributed by atoms with Crippen LogP contribution < -0.4 is 11.0 Å². The van der Waals surface area contributed by atoms with E-state index in [1.54, 1.807) is 30.0 Å². The average molecular weight is 433 g/mol. The Bertz CT molecular complexity index is 1390. The summed E-state index contributed by atoms with van der Waals surface area (Å²) >= 11 is 0. The van der Waals surface area contributed by atoms with E-state index in [0.29, 0.717) is 30.9 Å². The summed E-state index contributed by atoms with van der Waals surface area (Å²) < 4.78 is 13.0. The smallest absolute Gasteiger partial charge is 0.271 e. The Morgan fingerprint density at radius 2 is 2.12 bits per heavy atom. The molecule has 0 aliphatic rings. The number of pyridine rings is 2. The van der Waals surface area contributed by atoms with Gasteiger partial charge in [-0.25, -0.2) is 4.98 Å². The van der Waals surface area contributed by atoms with E-state index in [1.807, 2.05) is 13.0 Å². The zero-order valence-electron chi connectivity index (χ0n) is 18.1. The lowest BCUT2D eigenvalue weighted by molar-refractivity contribution is -0.113. The molecule has 3 heterocycles. The molecule has 0 N–H and O–H groups in total. The number of carbonyl (C=O) groups is 1. The number of amides is 1. The molecule has 0 spiro atoms. The van der Waals surface area contributed by atoms with Gasteiger partial charge in [-0.05, 0) is 37.1 Å². The molecule has 1 amide bonds. The van der Waals surface area contributed by atoms with Crippen molar-refractivity contribution in [3.05, 3.63) is 75.9 Å². The first-order chi connectivity index (χ1) is 15.5. The molecule has 0 atom stereocenters. The van der Waals surface area contributed by atoms with Gasteiger partial charge in [0.2, 0.25) is 0 Å². The van der Waals surface area contributed by atoms with E-state index < -0.39 is 5.91 Å². The summed E-state index contributed by atoms with van der Waals surface area (Å²) in [4.78, 5) is 34.5. The van der Waals surface area contributed by atoms with Gasteiger partial charge in [0.1, 0.15) is 17.4 Å². The van der Waals surface area contributed by atoms with E-state index in [0.717, 1.165) is 5.56 Å². The average Bonchev–Trinajstić information content (AvgIpc) is 2.79. The predicted octanol–water partition coefficient (Wildman–Crippen LogP) is 2.01. The fourth-order valence-electron chi connectivity index (χ4n) is 3.27. The number of nitrogens with zero attached hydrogens (tertiary/aromatic N) is 5. The van der Waals surface area contributed by atoms with Gasteiger partial charge in [-0.1, -0.05) is 12.1 Å². The molecule has 0 aliphatic carbocycles. The van der Waals surface area contributed by atoms with Crippen LogP contribution in [-0.2, 0) is 20.8 Å². The molecule has 0 radical (unpaired) electrons. The van der Waals surface area contributed by atoms with Crippen LogP contribution >= 0.6 is 0 Å². The molecule has 9 nitrogen and oxygen atoms in total. The lowest BCUT2D eigenvalue weighted by Gasteiger charge is -2.14. The molecule has 0 bridgehead atoms. The molecule has 0 unspecified atom stereocenters. The van der Waals surface area contributed by atoms with Gasteiger partial charge in [0.05, 0.1) is 24.3 Å². The quantitative estimate of drug-likeness (QED) is 0.185. The topological polar surface area (TPSA) is 111 Å². The van der Waals surface area contributed by atoms with Gasteiger partial charge in [0.15, 0.2) is 5.49 Å². The molecule has 0 aromatic carbocycles. The largest absolute Gasteiger partial charge is 0.504 e. The number of fused-ring (bicyclic) bond motifs is 2. The number of rotatable bonds is 7. The highest BCUT2D eigenvalue weighted by Gasteiger charge is 2.15. The lowest BCUT2D eigenvalue weighted by atomic mass is 10.2. The Morgan fingerprint density at radius 1 is 1.31 bits per heavy atom. The second-order valence-electron chi connectivity index (χ2n) is 6.90. The van der Waals surface area contributed by atoms with Crippen molar-refractivity contribution in [2.24, 2.45) is 4.99 Å². The molecule has 0 saturated heterocycles. The molecule has 3 aromatic heterocycles. The summed E-state index contributed by atoms with van der Waals surface area (Å²) in [7, 11) is 3.08. The van der Waals surface area contributed by atoms with E-state index in [1.165, 1.54) is 36.0 Å². The van der Waals surface area contributed by atoms with Gasteiger partial charge in [-0.15, -0.1) is 0 Å². The van der Waals surface area contributed by atoms with Crippen molar-refractivity contribution in [1.29, 1.82) is 5.26 Å². The highest BCUT2D eigenvalue weighted by Crippen LogP contribution is 2.13. The first-order valence-corrected chi connectivity index (χ1v) is 9.91. The van der Waals surface area contributed by atoms with Crippen LogP contribution in [0.3, 0.4) is 0 Å². The summed E-state index contributed by atoms with van der Waals surface area (Å²) in [5.41, 5.74) is 1.63. The zero-order valence-corrected chi connectivity index (χ0v) is 18.1. The fourth-order valence-corrected chi connectivity index (χ4v) is 3.27. The van der Waals surface area contributed by atoms with Gasteiger partial charge in [-0.2, -0.15) is 10.3 Å². The number of aromatic nitrogens is 3. The Balaban J connectivity index is 2.35. The third-order valence-corrected chi connectivity index (χ3v) is 4.74. The first-order valence-electron chi connectivity index (χ1n) is 9.91. The highest BCUT2D eigenvalue weighted by atomic mass is 16.5. The lowest BCUT2D eigenvalue weighted by Crippen LogP contribution is -2.30. The van der Waals surface area contributed by atoms with Crippen molar-refractivity contribution in [3.63, 3.8) is 0 Å². The normalized spacial score (nSPS) is 12.2. The molecule has 3 rings (SSSR count). The Labute approximate surface area is 184 Å². The molecule has 0 fully saturated rings. The van der Waals surface area contributed by atoms with Crippen LogP contribution in [-0.4, -0.2) is 40.7 Å². The van der Waals surface area contributed by atoms with E-state index >= 15 is 0 Å².